The molecule has 110 valence electrons. The highest BCUT2D eigenvalue weighted by Gasteiger charge is 2.66. The van der Waals surface area contributed by atoms with Crippen LogP contribution in [0.15, 0.2) is 18.2 Å². The minimum Gasteiger partial charge on any atom is -0.493 e. The summed E-state index contributed by atoms with van der Waals surface area (Å²) in [5, 5.41) is 0. The average molecular weight is 282 g/mol. The third-order valence-corrected chi connectivity index (χ3v) is 6.52. The number of rotatable bonds is 4. The van der Waals surface area contributed by atoms with Crippen molar-refractivity contribution < 1.29 is 9.53 Å². The molecule has 4 unspecified atom stereocenters. The van der Waals surface area contributed by atoms with Gasteiger partial charge in [0.25, 0.3) is 0 Å². The molecule has 0 spiro atoms. The van der Waals surface area contributed by atoms with Crippen molar-refractivity contribution in [2.75, 3.05) is 6.61 Å². The Morgan fingerprint density at radius 3 is 2.81 bits per heavy atom. The van der Waals surface area contributed by atoms with Gasteiger partial charge < -0.3 is 4.74 Å². The maximum Gasteiger partial charge on any atom is 0.136 e. The second kappa shape index (κ2) is 4.34. The Bertz CT molecular complexity index is 590. The molecule has 4 aliphatic rings. The molecule has 3 saturated carbocycles. The van der Waals surface area contributed by atoms with Crippen molar-refractivity contribution >= 4 is 5.78 Å². The number of hydrogen-bond acceptors (Lipinski definition) is 2. The van der Waals surface area contributed by atoms with E-state index in [0.717, 1.165) is 55.3 Å². The largest absolute Gasteiger partial charge is 0.493 e. The summed E-state index contributed by atoms with van der Waals surface area (Å²) >= 11 is 0. The summed E-state index contributed by atoms with van der Waals surface area (Å²) in [5.41, 5.74) is 2.63. The van der Waals surface area contributed by atoms with Gasteiger partial charge in [-0.25, -0.2) is 0 Å². The van der Waals surface area contributed by atoms with E-state index in [0.29, 0.717) is 11.7 Å². The lowest BCUT2D eigenvalue weighted by atomic mass is 9.96. The number of aryl methyl sites for hydroxylation is 1. The number of benzene rings is 1. The fourth-order valence-corrected chi connectivity index (χ4v) is 5.58. The number of fused-ring (bicyclic) bond motifs is 6. The van der Waals surface area contributed by atoms with Crippen LogP contribution in [0.4, 0.5) is 0 Å². The molecule has 0 N–H and O–H groups in total. The molecule has 1 aromatic carbocycles. The van der Waals surface area contributed by atoms with Gasteiger partial charge in [0.2, 0.25) is 0 Å². The van der Waals surface area contributed by atoms with Crippen LogP contribution in [0.2, 0.25) is 0 Å². The summed E-state index contributed by atoms with van der Waals surface area (Å²) in [4.78, 5) is 12.5. The molecule has 3 fully saturated rings. The van der Waals surface area contributed by atoms with Crippen molar-refractivity contribution in [1.29, 1.82) is 0 Å². The molecule has 2 bridgehead atoms. The van der Waals surface area contributed by atoms with Gasteiger partial charge in [0.1, 0.15) is 11.5 Å². The smallest absolute Gasteiger partial charge is 0.136 e. The highest BCUT2D eigenvalue weighted by atomic mass is 16.5. The molecular formula is C19H22O2. The number of carbonyl (C=O) groups is 1. The standard InChI is InChI=1S/C19H22O2/c20-15(19-17-13-3-4-14(10-13)18(17)19)5-1-11-2-6-16-12(9-11)7-8-21-16/h2,6,9,13-14,17-19H,1,3-5,7-8,10H2. The molecule has 21 heavy (non-hydrogen) atoms. The molecule has 3 aliphatic carbocycles. The zero-order valence-electron chi connectivity index (χ0n) is 12.4. The highest BCUT2D eigenvalue weighted by molar-refractivity contribution is 5.85. The molecule has 4 atom stereocenters. The van der Waals surface area contributed by atoms with E-state index in [9.17, 15) is 4.79 Å². The maximum absolute atomic E-state index is 12.5. The Labute approximate surface area is 125 Å². The monoisotopic (exact) mass is 282 g/mol. The quantitative estimate of drug-likeness (QED) is 0.846. The van der Waals surface area contributed by atoms with E-state index < -0.39 is 0 Å². The number of carbonyl (C=O) groups excluding carboxylic acids is 1. The summed E-state index contributed by atoms with van der Waals surface area (Å²) in [7, 11) is 0. The van der Waals surface area contributed by atoms with Crippen LogP contribution < -0.4 is 4.74 Å². The van der Waals surface area contributed by atoms with Gasteiger partial charge in [-0.1, -0.05) is 12.1 Å². The predicted molar refractivity (Wildman–Crippen MR) is 80.3 cm³/mol. The molecule has 1 aromatic rings. The summed E-state index contributed by atoms with van der Waals surface area (Å²) in [6.07, 6.45) is 6.92. The topological polar surface area (TPSA) is 26.3 Å². The Morgan fingerprint density at radius 1 is 1.19 bits per heavy atom. The van der Waals surface area contributed by atoms with Crippen molar-refractivity contribution in [3.05, 3.63) is 29.3 Å². The van der Waals surface area contributed by atoms with Crippen molar-refractivity contribution in [2.45, 2.75) is 38.5 Å². The first kappa shape index (κ1) is 12.3. The van der Waals surface area contributed by atoms with Crippen molar-refractivity contribution in [1.82, 2.24) is 0 Å². The zero-order valence-corrected chi connectivity index (χ0v) is 12.4. The number of ether oxygens (including phenoxy) is 1. The van der Waals surface area contributed by atoms with Crippen molar-refractivity contribution in [3.8, 4) is 5.75 Å². The Balaban J connectivity index is 1.22. The zero-order chi connectivity index (χ0) is 14.0. The van der Waals surface area contributed by atoms with Gasteiger partial charge in [-0.15, -0.1) is 0 Å². The molecule has 5 rings (SSSR count). The Hall–Kier alpha value is -1.31. The van der Waals surface area contributed by atoms with Crippen molar-refractivity contribution in [3.63, 3.8) is 0 Å². The maximum atomic E-state index is 12.5. The minimum atomic E-state index is 0.453. The van der Waals surface area contributed by atoms with E-state index in [1.54, 1.807) is 0 Å². The van der Waals surface area contributed by atoms with Gasteiger partial charge in [-0.3, -0.25) is 4.79 Å². The summed E-state index contributed by atoms with van der Waals surface area (Å²) in [5.74, 6) is 5.46. The van der Waals surface area contributed by atoms with E-state index in [1.807, 2.05) is 0 Å². The normalized spacial score (nSPS) is 38.0. The number of Topliss-reactive ketones (excluding diaryl/α,β-unsaturated/α-hetero) is 1. The first-order valence-electron chi connectivity index (χ1n) is 8.58. The van der Waals surface area contributed by atoms with E-state index in [4.69, 9.17) is 4.74 Å². The first-order chi connectivity index (χ1) is 10.3. The lowest BCUT2D eigenvalue weighted by molar-refractivity contribution is -0.121. The summed E-state index contributed by atoms with van der Waals surface area (Å²) in [6.45, 7) is 0.811. The third kappa shape index (κ3) is 1.81. The van der Waals surface area contributed by atoms with Crippen LogP contribution in [-0.2, 0) is 17.6 Å². The van der Waals surface area contributed by atoms with Crippen LogP contribution in [0.5, 0.6) is 5.75 Å². The molecule has 1 heterocycles. The number of ketones is 1. The van der Waals surface area contributed by atoms with Gasteiger partial charge in [-0.2, -0.15) is 0 Å². The first-order valence-corrected chi connectivity index (χ1v) is 8.58. The SMILES string of the molecule is O=C(CCc1ccc2c(c1)CCO2)C1C2C3CCC(C3)C12. The Morgan fingerprint density at radius 2 is 2.00 bits per heavy atom. The summed E-state index contributed by atoms with van der Waals surface area (Å²) in [6, 6.07) is 6.45. The van der Waals surface area contributed by atoms with E-state index >= 15 is 0 Å². The summed E-state index contributed by atoms with van der Waals surface area (Å²) < 4.78 is 5.54. The lowest BCUT2D eigenvalue weighted by Crippen LogP contribution is -2.10. The van der Waals surface area contributed by atoms with Crippen LogP contribution in [0, 0.1) is 29.6 Å². The Kier molecular flexibility index (Phi) is 2.54. The van der Waals surface area contributed by atoms with Crippen LogP contribution in [0.25, 0.3) is 0 Å². The van der Waals surface area contributed by atoms with Gasteiger partial charge in [0.15, 0.2) is 0 Å². The van der Waals surface area contributed by atoms with Gasteiger partial charge in [-0.05, 0) is 66.5 Å². The average Bonchev–Trinajstić information content (AvgIpc) is 2.87. The predicted octanol–water partition coefficient (Wildman–Crippen LogP) is 3.42. The molecule has 0 amide bonds. The van der Waals surface area contributed by atoms with Gasteiger partial charge in [0, 0.05) is 18.8 Å². The highest BCUT2D eigenvalue weighted by Crippen LogP contribution is 2.69. The molecule has 2 heteroatoms. The van der Waals surface area contributed by atoms with Gasteiger partial charge >= 0.3 is 0 Å². The molecule has 1 aliphatic heterocycles. The second-order valence-corrected chi connectivity index (χ2v) is 7.52. The van der Waals surface area contributed by atoms with Gasteiger partial charge in [0.05, 0.1) is 6.61 Å². The van der Waals surface area contributed by atoms with Crippen LogP contribution in [-0.4, -0.2) is 12.4 Å². The van der Waals surface area contributed by atoms with Crippen molar-refractivity contribution in [2.24, 2.45) is 29.6 Å². The third-order valence-electron chi connectivity index (χ3n) is 6.52. The second-order valence-electron chi connectivity index (χ2n) is 7.52. The van der Waals surface area contributed by atoms with Crippen LogP contribution >= 0.6 is 0 Å². The van der Waals surface area contributed by atoms with Crippen LogP contribution in [0.1, 0.15) is 36.8 Å². The fraction of sp³-hybridized carbons (Fsp3) is 0.632. The molecular weight excluding hydrogens is 260 g/mol. The molecule has 2 nitrogen and oxygen atoms in total. The van der Waals surface area contributed by atoms with E-state index in [-0.39, 0.29) is 0 Å². The fourth-order valence-electron chi connectivity index (χ4n) is 5.58. The van der Waals surface area contributed by atoms with E-state index in [2.05, 4.69) is 18.2 Å². The molecule has 0 aromatic heterocycles. The lowest BCUT2D eigenvalue weighted by Gasteiger charge is -2.08. The minimum absolute atomic E-state index is 0.453. The molecule has 0 radical (unpaired) electrons. The molecule has 0 saturated heterocycles. The van der Waals surface area contributed by atoms with Crippen LogP contribution in [0.3, 0.4) is 0 Å². The number of hydrogen-bond donors (Lipinski definition) is 0. The van der Waals surface area contributed by atoms with E-state index in [1.165, 1.54) is 30.4 Å².